The summed E-state index contributed by atoms with van der Waals surface area (Å²) in [6.07, 6.45) is 3.21. The Morgan fingerprint density at radius 2 is 2.12 bits per heavy atom. The summed E-state index contributed by atoms with van der Waals surface area (Å²) in [5.74, 6) is -0.484. The Morgan fingerprint density at radius 1 is 1.33 bits per heavy atom. The molecule has 0 aliphatic carbocycles. The average Bonchev–Trinajstić information content (AvgIpc) is 3.23. The second-order valence-electron chi connectivity index (χ2n) is 5.13. The van der Waals surface area contributed by atoms with Crippen molar-refractivity contribution in [3.63, 3.8) is 0 Å². The summed E-state index contributed by atoms with van der Waals surface area (Å²) in [6.45, 7) is 2.04. The molecule has 0 spiro atoms. The van der Waals surface area contributed by atoms with Gasteiger partial charge in [-0.05, 0) is 24.6 Å². The first kappa shape index (κ1) is 16.3. The summed E-state index contributed by atoms with van der Waals surface area (Å²) < 4.78 is 42.0. The summed E-state index contributed by atoms with van der Waals surface area (Å²) in [7, 11) is -3.76. The molecule has 2 N–H and O–H groups in total. The van der Waals surface area contributed by atoms with Crippen molar-refractivity contribution < 1.29 is 12.8 Å². The van der Waals surface area contributed by atoms with Crippen molar-refractivity contribution in [3.05, 3.63) is 59.9 Å². The molecule has 0 radical (unpaired) electrons. The van der Waals surface area contributed by atoms with Crippen LogP contribution in [-0.4, -0.2) is 28.4 Å². The van der Waals surface area contributed by atoms with Crippen LogP contribution in [0.15, 0.2) is 47.6 Å². The molecule has 7 nitrogen and oxygen atoms in total. The van der Waals surface area contributed by atoms with E-state index in [1.54, 1.807) is 18.2 Å². The molecule has 0 bridgehead atoms. The minimum atomic E-state index is -3.76. The van der Waals surface area contributed by atoms with Crippen molar-refractivity contribution in [1.82, 2.24) is 24.7 Å². The smallest absolute Gasteiger partial charge is 0.244 e. The van der Waals surface area contributed by atoms with E-state index in [4.69, 9.17) is 0 Å². The number of nitrogens with one attached hydrogen (secondary N) is 2. The van der Waals surface area contributed by atoms with E-state index in [9.17, 15) is 12.8 Å². The Hall–Kier alpha value is -2.52. The fourth-order valence-corrected chi connectivity index (χ4v) is 3.09. The predicted molar refractivity (Wildman–Crippen MR) is 85.5 cm³/mol. The third-order valence-electron chi connectivity index (χ3n) is 3.47. The second kappa shape index (κ2) is 6.54. The number of aromatic amines is 1. The van der Waals surface area contributed by atoms with Crippen LogP contribution in [0, 0.1) is 5.82 Å². The molecule has 126 valence electrons. The molecule has 1 aromatic carbocycles. The van der Waals surface area contributed by atoms with Gasteiger partial charge in [0.1, 0.15) is 16.4 Å². The number of H-pyrrole nitrogens is 1. The van der Waals surface area contributed by atoms with Gasteiger partial charge in [0.2, 0.25) is 10.0 Å². The third kappa shape index (κ3) is 3.36. The highest BCUT2D eigenvalue weighted by atomic mass is 32.2. The summed E-state index contributed by atoms with van der Waals surface area (Å²) in [5.41, 5.74) is 1.70. The molecule has 3 aromatic rings. The highest BCUT2D eigenvalue weighted by molar-refractivity contribution is 7.89. The van der Waals surface area contributed by atoms with Crippen molar-refractivity contribution in [2.75, 3.05) is 0 Å². The number of aromatic nitrogens is 4. The quantitative estimate of drug-likeness (QED) is 0.709. The Morgan fingerprint density at radius 3 is 2.83 bits per heavy atom. The van der Waals surface area contributed by atoms with Gasteiger partial charge in [-0.3, -0.25) is 5.10 Å². The minimum absolute atomic E-state index is 0.0408. The first-order valence-electron chi connectivity index (χ1n) is 7.32. The van der Waals surface area contributed by atoms with Gasteiger partial charge >= 0.3 is 0 Å². The number of halogens is 1. The number of rotatable bonds is 6. The molecule has 0 fully saturated rings. The highest BCUT2D eigenvalue weighted by Crippen LogP contribution is 2.15. The fraction of sp³-hybridized carbons (Fsp3) is 0.200. The first-order chi connectivity index (χ1) is 11.5. The normalized spacial score (nSPS) is 11.8. The van der Waals surface area contributed by atoms with Gasteiger partial charge in [0.15, 0.2) is 0 Å². The largest absolute Gasteiger partial charge is 0.281 e. The summed E-state index contributed by atoms with van der Waals surface area (Å²) >= 11 is 0. The molecule has 9 heteroatoms. The molecule has 2 aromatic heterocycles. The van der Waals surface area contributed by atoms with Crippen LogP contribution in [0.1, 0.15) is 18.3 Å². The zero-order valence-corrected chi connectivity index (χ0v) is 13.7. The van der Waals surface area contributed by atoms with E-state index in [1.165, 1.54) is 29.2 Å². The number of hydrogen-bond donors (Lipinski definition) is 2. The third-order valence-corrected chi connectivity index (χ3v) is 4.82. The number of para-hydroxylation sites is 1. The zero-order valence-electron chi connectivity index (χ0n) is 12.9. The molecule has 0 saturated carbocycles. The molecular weight excluding hydrogens is 333 g/mol. The molecule has 0 unspecified atom stereocenters. The molecule has 3 rings (SSSR count). The predicted octanol–water partition coefficient (Wildman–Crippen LogP) is 1.78. The van der Waals surface area contributed by atoms with Crippen molar-refractivity contribution in [3.8, 4) is 5.69 Å². The number of nitrogens with zero attached hydrogens (tertiary/aromatic N) is 3. The van der Waals surface area contributed by atoms with Gasteiger partial charge in [0.25, 0.3) is 0 Å². The van der Waals surface area contributed by atoms with Gasteiger partial charge in [-0.2, -0.15) is 10.2 Å². The van der Waals surface area contributed by atoms with Crippen LogP contribution >= 0.6 is 0 Å². The van der Waals surface area contributed by atoms with Crippen molar-refractivity contribution in [2.45, 2.75) is 24.8 Å². The van der Waals surface area contributed by atoms with Gasteiger partial charge in [-0.1, -0.05) is 19.1 Å². The van der Waals surface area contributed by atoms with Crippen molar-refractivity contribution >= 4 is 10.0 Å². The zero-order chi connectivity index (χ0) is 17.2. The van der Waals surface area contributed by atoms with Crippen LogP contribution < -0.4 is 4.72 Å². The monoisotopic (exact) mass is 349 g/mol. The summed E-state index contributed by atoms with van der Waals surface area (Å²) in [5, 5.41) is 10.7. The lowest BCUT2D eigenvalue weighted by atomic mass is 10.3. The van der Waals surface area contributed by atoms with Crippen LogP contribution in [0.4, 0.5) is 4.39 Å². The standard InChI is InChI=1S/C15H16FN5O2S/c1-2-11-7-12(20-19-11)8-18-24(22,23)13-9-17-21(10-13)15-6-4-3-5-14(15)16/h3-7,9-10,18H,2,8H2,1H3,(H,19,20). The molecule has 0 aliphatic heterocycles. The summed E-state index contributed by atoms with van der Waals surface area (Å²) in [6, 6.07) is 7.80. The molecule has 0 atom stereocenters. The topological polar surface area (TPSA) is 92.7 Å². The van der Waals surface area contributed by atoms with Crippen molar-refractivity contribution in [2.24, 2.45) is 0 Å². The van der Waals surface area contributed by atoms with E-state index in [2.05, 4.69) is 20.0 Å². The lowest BCUT2D eigenvalue weighted by molar-refractivity contribution is 0.580. The maximum Gasteiger partial charge on any atom is 0.244 e. The van der Waals surface area contributed by atoms with Crippen molar-refractivity contribution in [1.29, 1.82) is 0 Å². The van der Waals surface area contributed by atoms with Crippen LogP contribution in [0.5, 0.6) is 0 Å². The van der Waals surface area contributed by atoms with Gasteiger partial charge in [0.05, 0.1) is 30.3 Å². The second-order valence-corrected chi connectivity index (χ2v) is 6.90. The SMILES string of the molecule is CCc1cc(CNS(=O)(=O)c2cnn(-c3ccccc3F)c2)[nH]n1. The minimum Gasteiger partial charge on any atom is -0.281 e. The molecule has 2 heterocycles. The van der Waals surface area contributed by atoms with E-state index >= 15 is 0 Å². The van der Waals surface area contributed by atoms with Gasteiger partial charge in [-0.15, -0.1) is 0 Å². The summed E-state index contributed by atoms with van der Waals surface area (Å²) in [4.78, 5) is -0.0408. The Kier molecular flexibility index (Phi) is 4.45. The van der Waals surface area contributed by atoms with Crippen LogP contribution in [0.2, 0.25) is 0 Å². The van der Waals surface area contributed by atoms with E-state index in [0.29, 0.717) is 5.69 Å². The van der Waals surface area contributed by atoms with E-state index in [-0.39, 0.29) is 17.1 Å². The van der Waals surface area contributed by atoms with E-state index in [0.717, 1.165) is 12.1 Å². The van der Waals surface area contributed by atoms with Gasteiger partial charge in [-0.25, -0.2) is 22.2 Å². The van der Waals surface area contributed by atoms with Gasteiger partial charge < -0.3 is 0 Å². The first-order valence-corrected chi connectivity index (χ1v) is 8.80. The molecule has 0 saturated heterocycles. The van der Waals surface area contributed by atoms with Gasteiger partial charge in [0, 0.05) is 0 Å². The van der Waals surface area contributed by atoms with E-state index in [1.807, 2.05) is 6.92 Å². The lowest BCUT2D eigenvalue weighted by Crippen LogP contribution is -2.23. The lowest BCUT2D eigenvalue weighted by Gasteiger charge is -2.03. The molecule has 0 amide bonds. The number of sulfonamides is 1. The van der Waals surface area contributed by atoms with Crippen LogP contribution in [0.3, 0.4) is 0 Å². The molecular formula is C15H16FN5O2S. The number of hydrogen-bond acceptors (Lipinski definition) is 4. The maximum atomic E-state index is 13.7. The Bertz CT molecular complexity index is 948. The van der Waals surface area contributed by atoms with Crippen LogP contribution in [-0.2, 0) is 23.0 Å². The molecule has 24 heavy (non-hydrogen) atoms. The van der Waals surface area contributed by atoms with Crippen LogP contribution in [0.25, 0.3) is 5.69 Å². The highest BCUT2D eigenvalue weighted by Gasteiger charge is 2.18. The maximum absolute atomic E-state index is 13.7. The number of benzene rings is 1. The Labute approximate surface area is 138 Å². The van der Waals surface area contributed by atoms with E-state index < -0.39 is 15.8 Å². The Balaban J connectivity index is 1.77. The molecule has 0 aliphatic rings. The number of aryl methyl sites for hydroxylation is 1. The average molecular weight is 349 g/mol. The fourth-order valence-electron chi connectivity index (χ4n) is 2.15.